The van der Waals surface area contributed by atoms with Crippen molar-refractivity contribution in [1.29, 1.82) is 0 Å². The third kappa shape index (κ3) is 3.13. The molecule has 5 nitrogen and oxygen atoms in total. The second kappa shape index (κ2) is 6.16. The third-order valence-electron chi connectivity index (χ3n) is 3.10. The number of hydrogen-bond donors (Lipinski definition) is 2. The second-order valence-corrected chi connectivity index (χ2v) is 4.59. The van der Waals surface area contributed by atoms with Gasteiger partial charge in [-0.2, -0.15) is 5.10 Å². The van der Waals surface area contributed by atoms with Crippen molar-refractivity contribution in [2.45, 2.75) is 13.0 Å². The van der Waals surface area contributed by atoms with E-state index in [0.29, 0.717) is 0 Å². The Labute approximate surface area is 117 Å². The minimum atomic E-state index is 0.772. The summed E-state index contributed by atoms with van der Waals surface area (Å²) in [5.74, 6) is 0. The van der Waals surface area contributed by atoms with Gasteiger partial charge in [0.15, 0.2) is 0 Å². The smallest absolute Gasteiger partial charge is 0.0921 e. The summed E-state index contributed by atoms with van der Waals surface area (Å²) in [6.07, 6.45) is 6.49. The Hall–Kier alpha value is -2.40. The summed E-state index contributed by atoms with van der Waals surface area (Å²) >= 11 is 0. The molecule has 3 aromatic rings. The van der Waals surface area contributed by atoms with Crippen molar-refractivity contribution in [3.63, 3.8) is 0 Å². The number of imidazole rings is 1. The summed E-state index contributed by atoms with van der Waals surface area (Å²) in [5, 5.41) is 7.93. The maximum atomic E-state index is 4.55. The summed E-state index contributed by atoms with van der Waals surface area (Å²) < 4.78 is 1.89. The van der Waals surface area contributed by atoms with Gasteiger partial charge in [-0.15, -0.1) is 0 Å². The number of aromatic nitrogens is 4. The molecule has 0 radical (unpaired) electrons. The van der Waals surface area contributed by atoms with Gasteiger partial charge in [0, 0.05) is 37.6 Å². The Morgan fingerprint density at radius 2 is 2.05 bits per heavy atom. The van der Waals surface area contributed by atoms with Crippen molar-refractivity contribution in [2.24, 2.45) is 0 Å². The van der Waals surface area contributed by atoms with E-state index in [1.807, 2.05) is 53.5 Å². The van der Waals surface area contributed by atoms with Crippen molar-refractivity contribution in [3.8, 4) is 5.69 Å². The molecule has 20 heavy (non-hydrogen) atoms. The summed E-state index contributed by atoms with van der Waals surface area (Å²) in [4.78, 5) is 7.09. The third-order valence-corrected chi connectivity index (χ3v) is 3.10. The minimum Gasteiger partial charge on any atom is -0.348 e. The van der Waals surface area contributed by atoms with Gasteiger partial charge in [-0.3, -0.25) is 0 Å². The molecule has 0 bridgehead atoms. The molecule has 0 saturated heterocycles. The number of nitrogens with one attached hydrogen (secondary N) is 2. The number of aromatic amines is 1. The molecule has 0 saturated carbocycles. The molecule has 2 aromatic heterocycles. The van der Waals surface area contributed by atoms with Crippen LogP contribution in [0.1, 0.15) is 11.4 Å². The Morgan fingerprint density at radius 3 is 2.85 bits per heavy atom. The van der Waals surface area contributed by atoms with Crippen LogP contribution in [0.3, 0.4) is 0 Å². The Bertz CT molecular complexity index is 627. The van der Waals surface area contributed by atoms with Gasteiger partial charge in [0.25, 0.3) is 0 Å². The van der Waals surface area contributed by atoms with Crippen LogP contribution in [0.15, 0.2) is 55.1 Å². The lowest BCUT2D eigenvalue weighted by Crippen LogP contribution is -2.17. The molecule has 0 fully saturated rings. The molecule has 0 aliphatic heterocycles. The molecule has 5 heteroatoms. The van der Waals surface area contributed by atoms with E-state index < -0.39 is 0 Å². The average molecular weight is 267 g/mol. The molecule has 3 rings (SSSR count). The highest BCUT2D eigenvalue weighted by molar-refractivity contribution is 5.30. The zero-order valence-corrected chi connectivity index (χ0v) is 11.2. The van der Waals surface area contributed by atoms with Gasteiger partial charge in [0.2, 0.25) is 0 Å². The van der Waals surface area contributed by atoms with E-state index in [4.69, 9.17) is 0 Å². The highest BCUT2D eigenvalue weighted by Crippen LogP contribution is 2.06. The van der Waals surface area contributed by atoms with Crippen LogP contribution < -0.4 is 5.32 Å². The number of para-hydroxylation sites is 1. The maximum Gasteiger partial charge on any atom is 0.0921 e. The average Bonchev–Trinajstić information content (AvgIpc) is 3.16. The van der Waals surface area contributed by atoms with Gasteiger partial charge in [-0.05, 0) is 18.2 Å². The lowest BCUT2D eigenvalue weighted by molar-refractivity contribution is 0.661. The maximum absolute atomic E-state index is 4.55. The molecule has 0 aliphatic rings. The van der Waals surface area contributed by atoms with Crippen LogP contribution in [0, 0.1) is 0 Å². The number of H-pyrrole nitrogens is 1. The fraction of sp³-hybridized carbons (Fsp3) is 0.200. The van der Waals surface area contributed by atoms with Crippen molar-refractivity contribution >= 4 is 0 Å². The predicted molar refractivity (Wildman–Crippen MR) is 77.6 cm³/mol. The Kier molecular flexibility index (Phi) is 3.89. The fourth-order valence-electron chi connectivity index (χ4n) is 2.04. The topological polar surface area (TPSA) is 58.5 Å². The van der Waals surface area contributed by atoms with Crippen LogP contribution in [0.4, 0.5) is 0 Å². The number of nitrogens with zero attached hydrogens (tertiary/aromatic N) is 3. The van der Waals surface area contributed by atoms with E-state index in [9.17, 15) is 0 Å². The number of rotatable bonds is 6. The van der Waals surface area contributed by atoms with E-state index in [1.54, 1.807) is 6.33 Å². The van der Waals surface area contributed by atoms with Crippen molar-refractivity contribution < 1.29 is 0 Å². The first kappa shape index (κ1) is 12.6. The molecular weight excluding hydrogens is 250 g/mol. The van der Waals surface area contributed by atoms with E-state index >= 15 is 0 Å². The zero-order chi connectivity index (χ0) is 13.6. The molecule has 102 valence electrons. The van der Waals surface area contributed by atoms with Crippen LogP contribution in [0.5, 0.6) is 0 Å². The summed E-state index contributed by atoms with van der Waals surface area (Å²) in [5.41, 5.74) is 3.27. The van der Waals surface area contributed by atoms with Crippen LogP contribution in [0.25, 0.3) is 5.69 Å². The molecule has 0 atom stereocenters. The van der Waals surface area contributed by atoms with Gasteiger partial charge in [0.05, 0.1) is 17.7 Å². The lowest BCUT2D eigenvalue weighted by Gasteiger charge is -2.02. The van der Waals surface area contributed by atoms with E-state index in [1.165, 1.54) is 0 Å². The van der Waals surface area contributed by atoms with Gasteiger partial charge < -0.3 is 10.3 Å². The quantitative estimate of drug-likeness (QED) is 0.671. The molecule has 0 aliphatic carbocycles. The van der Waals surface area contributed by atoms with E-state index in [-0.39, 0.29) is 0 Å². The molecule has 0 amide bonds. The molecule has 0 unspecified atom stereocenters. The molecule has 2 N–H and O–H groups in total. The molecule has 1 aromatic carbocycles. The molecule has 2 heterocycles. The standard InChI is InChI=1S/C15H17N5/c1-2-4-15(5-3-1)20-9-7-14(19-20)11-16-8-6-13-10-17-12-18-13/h1-5,7,9-10,12,16H,6,8,11H2,(H,17,18). The molecular formula is C15H17N5. The first-order valence-corrected chi connectivity index (χ1v) is 6.70. The highest BCUT2D eigenvalue weighted by Gasteiger charge is 2.00. The molecule has 0 spiro atoms. The van der Waals surface area contributed by atoms with Gasteiger partial charge >= 0.3 is 0 Å². The van der Waals surface area contributed by atoms with Gasteiger partial charge in [0.1, 0.15) is 0 Å². The van der Waals surface area contributed by atoms with E-state index in [2.05, 4.69) is 20.4 Å². The fourth-order valence-corrected chi connectivity index (χ4v) is 2.04. The van der Waals surface area contributed by atoms with Crippen molar-refractivity contribution in [2.75, 3.05) is 6.54 Å². The SMILES string of the molecule is c1ccc(-n2ccc(CNCCc3cnc[nH]3)n2)cc1. The van der Waals surface area contributed by atoms with E-state index in [0.717, 1.165) is 36.6 Å². The minimum absolute atomic E-state index is 0.772. The first-order chi connectivity index (χ1) is 9.92. The van der Waals surface area contributed by atoms with Crippen molar-refractivity contribution in [1.82, 2.24) is 25.1 Å². The zero-order valence-electron chi connectivity index (χ0n) is 11.2. The highest BCUT2D eigenvalue weighted by atomic mass is 15.3. The predicted octanol–water partition coefficient (Wildman–Crippen LogP) is 1.93. The Morgan fingerprint density at radius 1 is 1.15 bits per heavy atom. The lowest BCUT2D eigenvalue weighted by atomic mass is 10.3. The summed E-state index contributed by atoms with van der Waals surface area (Å²) in [7, 11) is 0. The number of hydrogen-bond acceptors (Lipinski definition) is 3. The normalized spacial score (nSPS) is 10.8. The summed E-state index contributed by atoms with van der Waals surface area (Å²) in [6.45, 7) is 1.67. The van der Waals surface area contributed by atoms with Crippen molar-refractivity contribution in [3.05, 3.63) is 66.5 Å². The largest absolute Gasteiger partial charge is 0.348 e. The summed E-state index contributed by atoms with van der Waals surface area (Å²) in [6, 6.07) is 12.2. The van der Waals surface area contributed by atoms with Gasteiger partial charge in [-0.1, -0.05) is 18.2 Å². The Balaban J connectivity index is 1.50. The van der Waals surface area contributed by atoms with Crippen LogP contribution in [-0.2, 0) is 13.0 Å². The van der Waals surface area contributed by atoms with Crippen LogP contribution >= 0.6 is 0 Å². The monoisotopic (exact) mass is 267 g/mol. The van der Waals surface area contributed by atoms with Crippen LogP contribution in [-0.4, -0.2) is 26.3 Å². The number of benzene rings is 1. The first-order valence-electron chi connectivity index (χ1n) is 6.70. The van der Waals surface area contributed by atoms with Gasteiger partial charge in [-0.25, -0.2) is 9.67 Å². The second-order valence-electron chi connectivity index (χ2n) is 4.59. The van der Waals surface area contributed by atoms with Crippen LogP contribution in [0.2, 0.25) is 0 Å².